The minimum atomic E-state index is -3.66. The fourth-order valence-corrected chi connectivity index (χ4v) is 4.70. The van der Waals surface area contributed by atoms with Gasteiger partial charge in [0.2, 0.25) is 10.0 Å². The van der Waals surface area contributed by atoms with Crippen molar-refractivity contribution >= 4 is 27.7 Å². The zero-order valence-electron chi connectivity index (χ0n) is 13.4. The lowest BCUT2D eigenvalue weighted by atomic mass is 10.4. The Morgan fingerprint density at radius 2 is 1.75 bits per heavy atom. The Hall–Kier alpha value is -1.35. The molecule has 0 saturated carbocycles. The van der Waals surface area contributed by atoms with Gasteiger partial charge in [0.05, 0.1) is 24.3 Å². The molecule has 2 fully saturated rings. The van der Waals surface area contributed by atoms with E-state index in [1.54, 1.807) is 28.9 Å². The third-order valence-electron chi connectivity index (χ3n) is 4.38. The molecule has 3 rings (SSSR count). The van der Waals surface area contributed by atoms with E-state index in [1.807, 2.05) is 0 Å². The molecular formula is C15H20ClN3O4S. The van der Waals surface area contributed by atoms with Crippen LogP contribution in [0.25, 0.3) is 0 Å². The second-order valence-electron chi connectivity index (χ2n) is 5.78. The molecule has 0 N–H and O–H groups in total. The molecule has 2 saturated heterocycles. The van der Waals surface area contributed by atoms with Gasteiger partial charge in [0.1, 0.15) is 0 Å². The molecule has 1 aromatic carbocycles. The number of hydrogen-bond acceptors (Lipinski definition) is 4. The number of nitrogens with zero attached hydrogens (tertiary/aromatic N) is 3. The van der Waals surface area contributed by atoms with Gasteiger partial charge in [-0.1, -0.05) is 11.6 Å². The van der Waals surface area contributed by atoms with Gasteiger partial charge in [0.15, 0.2) is 0 Å². The van der Waals surface area contributed by atoms with Crippen molar-refractivity contribution in [2.75, 3.05) is 39.4 Å². The summed E-state index contributed by atoms with van der Waals surface area (Å²) < 4.78 is 32.2. The predicted molar refractivity (Wildman–Crippen MR) is 89.3 cm³/mol. The Bertz CT molecular complexity index is 704. The maximum Gasteiger partial charge on any atom is 0.321 e. The Labute approximate surface area is 146 Å². The summed E-state index contributed by atoms with van der Waals surface area (Å²) in [5.41, 5.74) is 0. The fourth-order valence-electron chi connectivity index (χ4n) is 2.99. The predicted octanol–water partition coefficient (Wildman–Crippen LogP) is 1.44. The van der Waals surface area contributed by atoms with E-state index in [0.29, 0.717) is 37.9 Å². The van der Waals surface area contributed by atoms with E-state index in [4.69, 9.17) is 16.3 Å². The van der Waals surface area contributed by atoms with Gasteiger partial charge in [-0.3, -0.25) is 0 Å². The molecule has 2 amide bonds. The Kier molecular flexibility index (Phi) is 5.00. The summed E-state index contributed by atoms with van der Waals surface area (Å²) in [6.45, 7) is 4.49. The van der Waals surface area contributed by atoms with Gasteiger partial charge < -0.3 is 14.5 Å². The minimum Gasteiger partial charge on any atom is -0.378 e. The van der Waals surface area contributed by atoms with Crippen molar-refractivity contribution in [2.24, 2.45) is 0 Å². The number of sulfonamides is 1. The number of amides is 2. The number of ether oxygens (including phenoxy) is 1. The van der Waals surface area contributed by atoms with Gasteiger partial charge in [-0.2, -0.15) is 4.31 Å². The first-order valence-electron chi connectivity index (χ1n) is 7.82. The summed E-state index contributed by atoms with van der Waals surface area (Å²) in [6.07, 6.45) is -0.527. The summed E-state index contributed by atoms with van der Waals surface area (Å²) in [5, 5.41) is 0.479. The maximum absolute atomic E-state index is 12.8. The highest BCUT2D eigenvalue weighted by Crippen LogP contribution is 2.26. The molecule has 0 spiro atoms. The minimum absolute atomic E-state index is 0.139. The van der Waals surface area contributed by atoms with Crippen LogP contribution in [0.15, 0.2) is 29.2 Å². The van der Waals surface area contributed by atoms with E-state index in [9.17, 15) is 13.2 Å². The molecule has 2 aliphatic rings. The van der Waals surface area contributed by atoms with Crippen LogP contribution in [0, 0.1) is 0 Å². The fraction of sp³-hybridized carbons (Fsp3) is 0.533. The molecule has 0 aromatic heterocycles. The van der Waals surface area contributed by atoms with Gasteiger partial charge >= 0.3 is 6.03 Å². The number of carbonyl (C=O) groups excluding carboxylic acids is 1. The van der Waals surface area contributed by atoms with Crippen molar-refractivity contribution in [3.8, 4) is 0 Å². The molecule has 2 aliphatic heterocycles. The first-order chi connectivity index (χ1) is 11.4. The molecule has 0 bridgehead atoms. The van der Waals surface area contributed by atoms with Crippen LogP contribution in [-0.4, -0.2) is 74.1 Å². The van der Waals surface area contributed by atoms with Crippen LogP contribution in [0.3, 0.4) is 0 Å². The largest absolute Gasteiger partial charge is 0.378 e. The number of carbonyl (C=O) groups is 1. The van der Waals surface area contributed by atoms with E-state index < -0.39 is 16.2 Å². The lowest BCUT2D eigenvalue weighted by Crippen LogP contribution is -2.51. The molecule has 7 nitrogen and oxygen atoms in total. The molecule has 0 unspecified atom stereocenters. The summed E-state index contributed by atoms with van der Waals surface area (Å²) in [6, 6.07) is 5.92. The van der Waals surface area contributed by atoms with Gasteiger partial charge in [-0.25, -0.2) is 13.2 Å². The maximum atomic E-state index is 12.8. The van der Waals surface area contributed by atoms with Crippen molar-refractivity contribution in [2.45, 2.75) is 18.0 Å². The molecule has 2 heterocycles. The lowest BCUT2D eigenvalue weighted by molar-refractivity contribution is 0.0410. The number of urea groups is 1. The van der Waals surface area contributed by atoms with Crippen LogP contribution in [0.4, 0.5) is 4.79 Å². The topological polar surface area (TPSA) is 70.2 Å². The van der Waals surface area contributed by atoms with Crippen LogP contribution >= 0.6 is 11.6 Å². The standard InChI is InChI=1S/C15H20ClN3O4S/c1-12-18(15(20)17-8-10-23-11-9-17)6-7-19(12)24(21,22)14-4-2-13(16)3-5-14/h2-5,12H,6-11H2,1H3/t12-/m1/s1. The molecule has 1 atom stereocenters. The zero-order chi connectivity index (χ0) is 17.3. The molecule has 132 valence electrons. The first kappa shape index (κ1) is 17.5. The quantitative estimate of drug-likeness (QED) is 0.786. The first-order valence-corrected chi connectivity index (χ1v) is 9.64. The molecule has 1 aromatic rings. The highest BCUT2D eigenvalue weighted by molar-refractivity contribution is 7.89. The average molecular weight is 374 g/mol. The third kappa shape index (κ3) is 3.23. The zero-order valence-corrected chi connectivity index (χ0v) is 15.0. The molecule has 24 heavy (non-hydrogen) atoms. The lowest BCUT2D eigenvalue weighted by Gasteiger charge is -2.33. The highest BCUT2D eigenvalue weighted by Gasteiger charge is 2.41. The molecule has 0 aliphatic carbocycles. The van der Waals surface area contributed by atoms with Crippen molar-refractivity contribution < 1.29 is 17.9 Å². The number of rotatable bonds is 2. The van der Waals surface area contributed by atoms with Crippen molar-refractivity contribution in [3.05, 3.63) is 29.3 Å². The SMILES string of the molecule is C[C@@H]1N(C(=O)N2CCOCC2)CCN1S(=O)(=O)c1ccc(Cl)cc1. The highest BCUT2D eigenvalue weighted by atomic mass is 35.5. The van der Waals surface area contributed by atoms with E-state index in [2.05, 4.69) is 0 Å². The number of hydrogen-bond donors (Lipinski definition) is 0. The van der Waals surface area contributed by atoms with Crippen LogP contribution in [-0.2, 0) is 14.8 Å². The van der Waals surface area contributed by atoms with Gasteiger partial charge in [-0.05, 0) is 31.2 Å². The Morgan fingerprint density at radius 3 is 2.38 bits per heavy atom. The van der Waals surface area contributed by atoms with Crippen LogP contribution in [0.2, 0.25) is 5.02 Å². The van der Waals surface area contributed by atoms with Crippen LogP contribution < -0.4 is 0 Å². The van der Waals surface area contributed by atoms with Gasteiger partial charge in [0, 0.05) is 31.2 Å². The van der Waals surface area contributed by atoms with E-state index in [1.165, 1.54) is 16.4 Å². The summed E-state index contributed by atoms with van der Waals surface area (Å²) >= 11 is 5.82. The number of benzene rings is 1. The third-order valence-corrected chi connectivity index (χ3v) is 6.60. The van der Waals surface area contributed by atoms with Gasteiger partial charge in [0.25, 0.3) is 0 Å². The van der Waals surface area contributed by atoms with Crippen molar-refractivity contribution in [1.82, 2.24) is 14.1 Å². The second kappa shape index (κ2) is 6.87. The molecule has 0 radical (unpaired) electrons. The monoisotopic (exact) mass is 373 g/mol. The van der Waals surface area contributed by atoms with Crippen LogP contribution in [0.5, 0.6) is 0 Å². The average Bonchev–Trinajstić information content (AvgIpc) is 2.97. The summed E-state index contributed by atoms with van der Waals surface area (Å²) in [5.74, 6) is 0. The molecule has 9 heteroatoms. The summed E-state index contributed by atoms with van der Waals surface area (Å²) in [7, 11) is -3.66. The van der Waals surface area contributed by atoms with Crippen LogP contribution in [0.1, 0.15) is 6.92 Å². The van der Waals surface area contributed by atoms with E-state index in [-0.39, 0.29) is 17.5 Å². The normalized spacial score (nSPS) is 22.8. The van der Waals surface area contributed by atoms with Crippen molar-refractivity contribution in [3.63, 3.8) is 0 Å². The Morgan fingerprint density at radius 1 is 1.12 bits per heavy atom. The number of halogens is 1. The molecular weight excluding hydrogens is 354 g/mol. The van der Waals surface area contributed by atoms with Gasteiger partial charge in [-0.15, -0.1) is 0 Å². The second-order valence-corrected chi connectivity index (χ2v) is 8.10. The van der Waals surface area contributed by atoms with E-state index in [0.717, 1.165) is 0 Å². The number of morpholine rings is 1. The Balaban J connectivity index is 1.76. The summed E-state index contributed by atoms with van der Waals surface area (Å²) in [4.78, 5) is 16.1. The smallest absolute Gasteiger partial charge is 0.321 e. The van der Waals surface area contributed by atoms with E-state index >= 15 is 0 Å². The van der Waals surface area contributed by atoms with Crippen molar-refractivity contribution in [1.29, 1.82) is 0 Å².